The summed E-state index contributed by atoms with van der Waals surface area (Å²) in [5, 5.41) is 0. The van der Waals surface area contributed by atoms with E-state index in [0.29, 0.717) is 6.04 Å². The van der Waals surface area contributed by atoms with Crippen molar-refractivity contribution in [3.63, 3.8) is 0 Å². The first-order chi connectivity index (χ1) is 6.81. The second-order valence-electron chi connectivity index (χ2n) is 4.25. The van der Waals surface area contributed by atoms with E-state index in [9.17, 15) is 0 Å². The van der Waals surface area contributed by atoms with Crippen LogP contribution in [0.15, 0.2) is 24.5 Å². The molecular weight excluding hydrogens is 172 g/mol. The smallest absolute Gasteiger partial charge is 0.0363 e. The van der Waals surface area contributed by atoms with Gasteiger partial charge in [0.15, 0.2) is 0 Å². The van der Waals surface area contributed by atoms with E-state index in [0.717, 1.165) is 5.92 Å². The van der Waals surface area contributed by atoms with Crippen molar-refractivity contribution in [2.24, 2.45) is 5.92 Å². The van der Waals surface area contributed by atoms with E-state index in [2.05, 4.69) is 29.9 Å². The van der Waals surface area contributed by atoms with Crippen LogP contribution >= 0.6 is 0 Å². The summed E-state index contributed by atoms with van der Waals surface area (Å²) in [5.74, 6) is 0.866. The molecule has 2 heteroatoms. The quantitative estimate of drug-likeness (QED) is 0.712. The van der Waals surface area contributed by atoms with Gasteiger partial charge in [0.2, 0.25) is 0 Å². The number of pyridine rings is 1. The lowest BCUT2D eigenvalue weighted by Crippen LogP contribution is -2.18. The molecule has 0 saturated carbocycles. The summed E-state index contributed by atoms with van der Waals surface area (Å²) in [7, 11) is 2.22. The lowest BCUT2D eigenvalue weighted by atomic mass is 9.99. The summed E-state index contributed by atoms with van der Waals surface area (Å²) in [5.41, 5.74) is 1.37. The molecule has 0 unspecified atom stereocenters. The normalized spacial score (nSPS) is 28.1. The van der Waals surface area contributed by atoms with Gasteiger partial charge in [0, 0.05) is 25.0 Å². The minimum atomic E-state index is 0.591. The summed E-state index contributed by atoms with van der Waals surface area (Å²) in [4.78, 5) is 6.64. The molecule has 1 saturated heterocycles. The lowest BCUT2D eigenvalue weighted by Gasteiger charge is -2.18. The summed E-state index contributed by atoms with van der Waals surface area (Å²) in [6.45, 7) is 3.51. The Bertz CT molecular complexity index is 284. The van der Waals surface area contributed by atoms with Gasteiger partial charge in [-0.2, -0.15) is 0 Å². The second kappa shape index (κ2) is 4.09. The number of rotatable bonds is 2. The highest BCUT2D eigenvalue weighted by molar-refractivity contribution is 5.15. The maximum absolute atomic E-state index is 4.19. The summed E-state index contributed by atoms with van der Waals surface area (Å²) < 4.78 is 0. The SMILES string of the molecule is CC[C@@H]1C[C@@H](c2cccnc2)N(C)C1. The Labute approximate surface area is 86.0 Å². The van der Waals surface area contributed by atoms with Crippen LogP contribution in [-0.4, -0.2) is 23.5 Å². The number of nitrogens with zero attached hydrogens (tertiary/aromatic N) is 2. The number of likely N-dealkylation sites (tertiary alicyclic amines) is 1. The predicted molar refractivity (Wildman–Crippen MR) is 58.0 cm³/mol. The molecule has 1 aromatic heterocycles. The Morgan fingerprint density at radius 3 is 3.00 bits per heavy atom. The van der Waals surface area contributed by atoms with Crippen molar-refractivity contribution in [2.75, 3.05) is 13.6 Å². The molecular formula is C12H18N2. The molecule has 1 aromatic rings. The van der Waals surface area contributed by atoms with Gasteiger partial charge in [-0.25, -0.2) is 0 Å². The highest BCUT2D eigenvalue weighted by Crippen LogP contribution is 2.34. The third kappa shape index (κ3) is 1.80. The van der Waals surface area contributed by atoms with Crippen LogP contribution in [-0.2, 0) is 0 Å². The topological polar surface area (TPSA) is 16.1 Å². The van der Waals surface area contributed by atoms with Gasteiger partial charge in [0.25, 0.3) is 0 Å². The van der Waals surface area contributed by atoms with E-state index >= 15 is 0 Å². The average Bonchev–Trinajstić information content (AvgIpc) is 2.61. The highest BCUT2D eigenvalue weighted by Gasteiger charge is 2.29. The van der Waals surface area contributed by atoms with Crippen molar-refractivity contribution in [1.29, 1.82) is 0 Å². The average molecular weight is 190 g/mol. The second-order valence-corrected chi connectivity index (χ2v) is 4.25. The molecule has 0 amide bonds. The molecule has 0 aromatic carbocycles. The maximum Gasteiger partial charge on any atom is 0.0363 e. The van der Waals surface area contributed by atoms with Crippen LogP contribution in [0.4, 0.5) is 0 Å². The molecule has 2 nitrogen and oxygen atoms in total. The summed E-state index contributed by atoms with van der Waals surface area (Å²) in [6, 6.07) is 4.81. The van der Waals surface area contributed by atoms with E-state index in [1.54, 1.807) is 0 Å². The molecule has 14 heavy (non-hydrogen) atoms. The maximum atomic E-state index is 4.19. The molecule has 1 aliphatic rings. The highest BCUT2D eigenvalue weighted by atomic mass is 15.2. The van der Waals surface area contributed by atoms with Crippen molar-refractivity contribution in [3.05, 3.63) is 30.1 Å². The summed E-state index contributed by atoms with van der Waals surface area (Å²) in [6.07, 6.45) is 6.43. The van der Waals surface area contributed by atoms with Gasteiger partial charge in [-0.15, -0.1) is 0 Å². The fraction of sp³-hybridized carbons (Fsp3) is 0.583. The van der Waals surface area contributed by atoms with Gasteiger partial charge in [-0.3, -0.25) is 9.88 Å². The van der Waals surface area contributed by atoms with Crippen LogP contribution in [0, 0.1) is 5.92 Å². The van der Waals surface area contributed by atoms with E-state index in [1.807, 2.05) is 18.5 Å². The zero-order chi connectivity index (χ0) is 9.97. The molecule has 0 radical (unpaired) electrons. The van der Waals surface area contributed by atoms with E-state index in [4.69, 9.17) is 0 Å². The van der Waals surface area contributed by atoms with Crippen LogP contribution in [0.3, 0.4) is 0 Å². The van der Waals surface area contributed by atoms with Crippen molar-refractivity contribution in [1.82, 2.24) is 9.88 Å². The molecule has 76 valence electrons. The molecule has 2 heterocycles. The van der Waals surface area contributed by atoms with Gasteiger partial charge < -0.3 is 0 Å². The molecule has 0 aliphatic carbocycles. The molecule has 0 N–H and O–H groups in total. The monoisotopic (exact) mass is 190 g/mol. The zero-order valence-electron chi connectivity index (χ0n) is 8.98. The van der Waals surface area contributed by atoms with E-state index in [-0.39, 0.29) is 0 Å². The Kier molecular flexibility index (Phi) is 2.82. The van der Waals surface area contributed by atoms with Crippen molar-refractivity contribution in [2.45, 2.75) is 25.8 Å². The van der Waals surface area contributed by atoms with Crippen LogP contribution in [0.1, 0.15) is 31.4 Å². The van der Waals surface area contributed by atoms with Gasteiger partial charge >= 0.3 is 0 Å². The Morgan fingerprint density at radius 1 is 1.57 bits per heavy atom. The first kappa shape index (κ1) is 9.66. The molecule has 2 atom stereocenters. The lowest BCUT2D eigenvalue weighted by molar-refractivity contribution is 0.312. The number of aromatic nitrogens is 1. The molecule has 0 bridgehead atoms. The first-order valence-electron chi connectivity index (χ1n) is 5.41. The minimum Gasteiger partial charge on any atom is -0.299 e. The number of hydrogen-bond acceptors (Lipinski definition) is 2. The molecule has 2 rings (SSSR count). The third-order valence-corrected chi connectivity index (χ3v) is 3.28. The first-order valence-corrected chi connectivity index (χ1v) is 5.41. The van der Waals surface area contributed by atoms with Crippen LogP contribution < -0.4 is 0 Å². The zero-order valence-corrected chi connectivity index (χ0v) is 8.98. The van der Waals surface area contributed by atoms with Crippen molar-refractivity contribution in [3.8, 4) is 0 Å². The van der Waals surface area contributed by atoms with Crippen LogP contribution in [0.2, 0.25) is 0 Å². The summed E-state index contributed by atoms with van der Waals surface area (Å²) >= 11 is 0. The molecule has 0 spiro atoms. The third-order valence-electron chi connectivity index (χ3n) is 3.28. The van der Waals surface area contributed by atoms with E-state index < -0.39 is 0 Å². The Morgan fingerprint density at radius 2 is 2.43 bits per heavy atom. The van der Waals surface area contributed by atoms with E-state index in [1.165, 1.54) is 24.9 Å². The number of hydrogen-bond donors (Lipinski definition) is 0. The largest absolute Gasteiger partial charge is 0.299 e. The minimum absolute atomic E-state index is 0.591. The van der Waals surface area contributed by atoms with Gasteiger partial charge in [-0.1, -0.05) is 19.4 Å². The van der Waals surface area contributed by atoms with Crippen molar-refractivity contribution < 1.29 is 0 Å². The van der Waals surface area contributed by atoms with Crippen LogP contribution in [0.25, 0.3) is 0 Å². The fourth-order valence-electron chi connectivity index (χ4n) is 2.36. The predicted octanol–water partition coefficient (Wildman–Crippen LogP) is 2.48. The molecule has 1 fully saturated rings. The van der Waals surface area contributed by atoms with Gasteiger partial charge in [0.05, 0.1) is 0 Å². The van der Waals surface area contributed by atoms with Gasteiger partial charge in [0.1, 0.15) is 0 Å². The Hall–Kier alpha value is -0.890. The Balaban J connectivity index is 2.13. The fourth-order valence-corrected chi connectivity index (χ4v) is 2.36. The van der Waals surface area contributed by atoms with Gasteiger partial charge in [-0.05, 0) is 31.0 Å². The standard InChI is InChI=1S/C12H18N2/c1-3-10-7-12(14(2)9-10)11-5-4-6-13-8-11/h4-6,8,10,12H,3,7,9H2,1-2H3/t10-,12+/m1/s1. The van der Waals surface area contributed by atoms with Crippen molar-refractivity contribution >= 4 is 0 Å². The molecule has 1 aliphatic heterocycles. The van der Waals surface area contributed by atoms with Crippen LogP contribution in [0.5, 0.6) is 0 Å².